The lowest BCUT2D eigenvalue weighted by Crippen LogP contribution is -2.11. The molecule has 4 heteroatoms. The van der Waals surface area contributed by atoms with Gasteiger partial charge in [0, 0.05) is 44.0 Å². The molecule has 0 atom stereocenters. The number of hydrogen-bond acceptors (Lipinski definition) is 3. The topological polar surface area (TPSA) is 34.5 Å². The van der Waals surface area contributed by atoms with Crippen molar-refractivity contribution in [3.63, 3.8) is 0 Å². The molecule has 0 aliphatic carbocycles. The summed E-state index contributed by atoms with van der Waals surface area (Å²) in [5, 5.41) is 6.78. The molecule has 3 heterocycles. The van der Waals surface area contributed by atoms with E-state index in [-0.39, 0.29) is 0 Å². The number of hydrogen-bond donors (Lipinski definition) is 0. The molecule has 0 bridgehead atoms. The summed E-state index contributed by atoms with van der Waals surface area (Å²) in [6.45, 7) is 0. The van der Waals surface area contributed by atoms with E-state index in [1.54, 1.807) is 0 Å². The molecular formula is C54H34N2O2. The lowest BCUT2D eigenvalue weighted by Gasteiger charge is -2.28. The molecule has 0 N–H and O–H groups in total. The van der Waals surface area contributed by atoms with Gasteiger partial charge in [0.2, 0.25) is 0 Å². The van der Waals surface area contributed by atoms with E-state index in [0.717, 1.165) is 94.4 Å². The molecule has 272 valence electrons. The first-order valence-electron chi connectivity index (χ1n) is 19.7. The normalized spacial score (nSPS) is 11.8. The van der Waals surface area contributed by atoms with Gasteiger partial charge in [0.15, 0.2) is 11.2 Å². The second kappa shape index (κ2) is 12.9. The number of benzene rings is 9. The highest BCUT2D eigenvalue weighted by Gasteiger charge is 2.25. The van der Waals surface area contributed by atoms with Crippen LogP contribution in [0.15, 0.2) is 215 Å². The number of furan rings is 2. The van der Waals surface area contributed by atoms with Crippen LogP contribution in [0.3, 0.4) is 0 Å². The highest BCUT2D eigenvalue weighted by molar-refractivity contribution is 6.19. The zero-order valence-electron chi connectivity index (χ0n) is 31.3. The second-order valence-corrected chi connectivity index (χ2v) is 14.8. The van der Waals surface area contributed by atoms with E-state index in [0.29, 0.717) is 0 Å². The molecule has 0 amide bonds. The van der Waals surface area contributed by atoms with E-state index in [2.05, 4.69) is 204 Å². The van der Waals surface area contributed by atoms with E-state index >= 15 is 0 Å². The third-order valence-corrected chi connectivity index (χ3v) is 11.6. The Labute approximate surface area is 334 Å². The van der Waals surface area contributed by atoms with Crippen LogP contribution < -0.4 is 4.90 Å². The predicted molar refractivity (Wildman–Crippen MR) is 241 cm³/mol. The largest absolute Gasteiger partial charge is 0.454 e. The molecule has 12 aromatic rings. The maximum Gasteiger partial charge on any atom is 0.161 e. The van der Waals surface area contributed by atoms with Crippen molar-refractivity contribution >= 4 is 82.7 Å². The van der Waals surface area contributed by atoms with Crippen LogP contribution in [-0.2, 0) is 0 Å². The predicted octanol–water partition coefficient (Wildman–Crippen LogP) is 15.4. The number of para-hydroxylation sites is 6. The minimum absolute atomic E-state index is 0.835. The molecule has 0 spiro atoms. The van der Waals surface area contributed by atoms with Crippen LogP contribution >= 0.6 is 0 Å². The Morgan fingerprint density at radius 1 is 0.362 bits per heavy atom. The fraction of sp³-hybridized carbons (Fsp3) is 0. The Bertz CT molecular complexity index is 3510. The minimum atomic E-state index is 0.835. The maximum atomic E-state index is 7.05. The molecule has 9 aromatic carbocycles. The quantitative estimate of drug-likeness (QED) is 0.170. The van der Waals surface area contributed by atoms with E-state index < -0.39 is 0 Å². The van der Waals surface area contributed by atoms with Crippen LogP contribution in [0.4, 0.5) is 17.1 Å². The van der Waals surface area contributed by atoms with Crippen LogP contribution in [0.1, 0.15) is 0 Å². The molecule has 0 radical (unpaired) electrons. The van der Waals surface area contributed by atoms with Gasteiger partial charge in [-0.25, -0.2) is 0 Å². The summed E-state index contributed by atoms with van der Waals surface area (Å²) in [4.78, 5) is 2.34. The highest BCUT2D eigenvalue weighted by Crippen LogP contribution is 2.48. The van der Waals surface area contributed by atoms with Crippen LogP contribution in [0.25, 0.3) is 93.6 Å². The van der Waals surface area contributed by atoms with Crippen molar-refractivity contribution in [1.82, 2.24) is 4.57 Å². The maximum absolute atomic E-state index is 7.05. The van der Waals surface area contributed by atoms with Crippen molar-refractivity contribution in [2.75, 3.05) is 4.90 Å². The molecule has 58 heavy (non-hydrogen) atoms. The fourth-order valence-corrected chi connectivity index (χ4v) is 9.03. The summed E-state index contributed by atoms with van der Waals surface area (Å²) in [5.41, 5.74) is 14.1. The average molecular weight is 743 g/mol. The van der Waals surface area contributed by atoms with Crippen molar-refractivity contribution in [1.29, 1.82) is 0 Å². The molecule has 0 aliphatic rings. The molecule has 4 nitrogen and oxygen atoms in total. The molecule has 3 aromatic heterocycles. The molecular weight excluding hydrogens is 709 g/mol. The van der Waals surface area contributed by atoms with Gasteiger partial charge in [0.1, 0.15) is 16.7 Å². The smallest absolute Gasteiger partial charge is 0.161 e. The SMILES string of the molecule is c1ccc(-n2c3ccccc3c3oc4c(-c5ccccc5N(c5ccc(-c6cccc7ccccc67)cc5)c5cccc6c5oc5ccccc56)cccc4c32)cc1. The molecule has 0 aliphatic heterocycles. The fourth-order valence-electron chi connectivity index (χ4n) is 9.03. The number of rotatable bonds is 6. The molecule has 0 unspecified atom stereocenters. The zero-order chi connectivity index (χ0) is 38.2. The van der Waals surface area contributed by atoms with Gasteiger partial charge in [-0.15, -0.1) is 0 Å². The van der Waals surface area contributed by atoms with Gasteiger partial charge < -0.3 is 18.3 Å². The van der Waals surface area contributed by atoms with Crippen LogP contribution in [0.2, 0.25) is 0 Å². The summed E-state index contributed by atoms with van der Waals surface area (Å²) in [6, 6.07) is 73.0. The summed E-state index contributed by atoms with van der Waals surface area (Å²) in [7, 11) is 0. The number of anilines is 3. The third kappa shape index (κ3) is 4.88. The van der Waals surface area contributed by atoms with E-state index in [1.807, 2.05) is 12.1 Å². The minimum Gasteiger partial charge on any atom is -0.454 e. The summed E-state index contributed by atoms with van der Waals surface area (Å²) in [6.07, 6.45) is 0. The van der Waals surface area contributed by atoms with Gasteiger partial charge in [-0.2, -0.15) is 0 Å². The monoisotopic (exact) mass is 742 g/mol. The van der Waals surface area contributed by atoms with Gasteiger partial charge in [-0.1, -0.05) is 146 Å². The molecule has 0 fully saturated rings. The van der Waals surface area contributed by atoms with Crippen molar-refractivity contribution in [3.8, 4) is 27.9 Å². The van der Waals surface area contributed by atoms with Crippen LogP contribution in [-0.4, -0.2) is 4.57 Å². The summed E-state index contributed by atoms with van der Waals surface area (Å²) < 4.78 is 16.1. The number of fused-ring (bicyclic) bond motifs is 9. The van der Waals surface area contributed by atoms with Crippen molar-refractivity contribution in [2.24, 2.45) is 0 Å². The molecule has 12 rings (SSSR count). The first-order valence-corrected chi connectivity index (χ1v) is 19.7. The standard InChI is InChI=1S/C54H34N2O2/c1-2-17-37(18-3-1)56-48-28-10-7-22-45(48)54-51(56)46-26-13-24-43(52(46)58-54)41-20-6-9-27-47(41)55(49-29-14-25-44-42-21-8-11-30-50(42)57-53(44)49)38-33-31-36(32-34-38)40-23-12-16-35-15-4-5-19-39(35)40/h1-34H. The Morgan fingerprint density at radius 3 is 1.88 bits per heavy atom. The molecule has 0 saturated heterocycles. The van der Waals surface area contributed by atoms with Gasteiger partial charge >= 0.3 is 0 Å². The van der Waals surface area contributed by atoms with E-state index in [1.165, 1.54) is 16.3 Å². The number of nitrogens with zero attached hydrogens (tertiary/aromatic N) is 2. The Hall–Kier alpha value is -7.82. The highest BCUT2D eigenvalue weighted by atomic mass is 16.3. The van der Waals surface area contributed by atoms with Gasteiger partial charge in [-0.05, 0) is 82.6 Å². The average Bonchev–Trinajstić information content (AvgIpc) is 3.97. The Morgan fingerprint density at radius 2 is 0.983 bits per heavy atom. The number of aromatic nitrogens is 1. The Kier molecular flexibility index (Phi) is 7.20. The van der Waals surface area contributed by atoms with Gasteiger partial charge in [0.05, 0.1) is 16.9 Å². The summed E-state index contributed by atoms with van der Waals surface area (Å²) in [5.74, 6) is 0. The van der Waals surface area contributed by atoms with E-state index in [4.69, 9.17) is 8.83 Å². The van der Waals surface area contributed by atoms with Crippen LogP contribution in [0, 0.1) is 0 Å². The third-order valence-electron chi connectivity index (χ3n) is 11.6. The lowest BCUT2D eigenvalue weighted by molar-refractivity contribution is 0.669. The van der Waals surface area contributed by atoms with Crippen molar-refractivity contribution < 1.29 is 8.83 Å². The van der Waals surface area contributed by atoms with Gasteiger partial charge in [0.25, 0.3) is 0 Å². The zero-order valence-corrected chi connectivity index (χ0v) is 31.3. The van der Waals surface area contributed by atoms with Crippen molar-refractivity contribution in [2.45, 2.75) is 0 Å². The van der Waals surface area contributed by atoms with Crippen molar-refractivity contribution in [3.05, 3.63) is 206 Å². The summed E-state index contributed by atoms with van der Waals surface area (Å²) >= 11 is 0. The lowest BCUT2D eigenvalue weighted by atomic mass is 9.97. The Balaban J connectivity index is 1.10. The second-order valence-electron chi connectivity index (χ2n) is 14.8. The molecule has 0 saturated carbocycles. The first-order chi connectivity index (χ1) is 28.8. The van der Waals surface area contributed by atoms with E-state index in [9.17, 15) is 0 Å². The first kappa shape index (κ1) is 32.4. The van der Waals surface area contributed by atoms with Gasteiger partial charge in [-0.3, -0.25) is 0 Å². The van der Waals surface area contributed by atoms with Crippen LogP contribution in [0.5, 0.6) is 0 Å².